The first kappa shape index (κ1) is 19.0. The van der Waals surface area contributed by atoms with Crippen LogP contribution in [0.5, 0.6) is 5.75 Å². The van der Waals surface area contributed by atoms with E-state index in [0.717, 1.165) is 12.1 Å². The van der Waals surface area contributed by atoms with Crippen molar-refractivity contribution < 1.29 is 23.5 Å². The lowest BCUT2D eigenvalue weighted by Crippen LogP contribution is -2.30. The molecular weight excluding hydrogens is 372 g/mol. The van der Waals surface area contributed by atoms with E-state index in [1.165, 1.54) is 14.0 Å². The highest BCUT2D eigenvalue weighted by atomic mass is 35.5. The van der Waals surface area contributed by atoms with Gasteiger partial charge in [0, 0.05) is 5.69 Å². The number of amides is 1. The third-order valence-electron chi connectivity index (χ3n) is 3.24. The van der Waals surface area contributed by atoms with Gasteiger partial charge in [0.1, 0.15) is 11.6 Å². The molecule has 0 aliphatic carbocycles. The smallest absolute Gasteiger partial charge is 0.340 e. The van der Waals surface area contributed by atoms with Gasteiger partial charge in [-0.15, -0.1) is 0 Å². The zero-order valence-electron chi connectivity index (χ0n) is 13.3. The number of methoxy groups -OCH3 is 1. The molecule has 0 radical (unpaired) electrons. The zero-order valence-corrected chi connectivity index (χ0v) is 14.8. The highest BCUT2D eigenvalue weighted by Gasteiger charge is 2.22. The number of hydrogen-bond acceptors (Lipinski definition) is 4. The first-order valence-electron chi connectivity index (χ1n) is 7.12. The Kier molecular flexibility index (Phi) is 6.22. The lowest BCUT2D eigenvalue weighted by atomic mass is 10.2. The number of esters is 1. The summed E-state index contributed by atoms with van der Waals surface area (Å²) in [6, 6.07) is 8.57. The van der Waals surface area contributed by atoms with Crippen molar-refractivity contribution in [2.24, 2.45) is 0 Å². The van der Waals surface area contributed by atoms with Crippen LogP contribution in [0.25, 0.3) is 0 Å². The SMILES string of the molecule is COc1ccc(NC(=O)[C@H](C)OC(=O)c2cc(F)c(Cl)cc2Cl)cc1. The number of halogens is 3. The fourth-order valence-electron chi connectivity index (χ4n) is 1.87. The maximum atomic E-state index is 13.5. The van der Waals surface area contributed by atoms with Crippen molar-refractivity contribution in [1.29, 1.82) is 0 Å². The molecule has 0 unspecified atom stereocenters. The topological polar surface area (TPSA) is 64.6 Å². The number of carbonyl (C=O) groups excluding carboxylic acids is 2. The van der Waals surface area contributed by atoms with Gasteiger partial charge in [-0.25, -0.2) is 9.18 Å². The average Bonchev–Trinajstić information content (AvgIpc) is 2.58. The molecule has 132 valence electrons. The van der Waals surface area contributed by atoms with Crippen LogP contribution in [0.2, 0.25) is 10.0 Å². The molecular formula is C17H14Cl2FNO4. The molecule has 1 amide bonds. The largest absolute Gasteiger partial charge is 0.497 e. The Bertz CT molecular complexity index is 796. The van der Waals surface area contributed by atoms with Crippen molar-refractivity contribution in [3.8, 4) is 5.75 Å². The second-order valence-corrected chi connectivity index (χ2v) is 5.83. The van der Waals surface area contributed by atoms with Gasteiger partial charge in [-0.05, 0) is 43.3 Å². The first-order valence-corrected chi connectivity index (χ1v) is 7.88. The fourth-order valence-corrected chi connectivity index (χ4v) is 2.34. The van der Waals surface area contributed by atoms with E-state index in [2.05, 4.69) is 5.32 Å². The zero-order chi connectivity index (χ0) is 18.6. The monoisotopic (exact) mass is 385 g/mol. The van der Waals surface area contributed by atoms with Crippen molar-refractivity contribution in [2.75, 3.05) is 12.4 Å². The van der Waals surface area contributed by atoms with Gasteiger partial charge < -0.3 is 14.8 Å². The Morgan fingerprint density at radius 3 is 2.36 bits per heavy atom. The van der Waals surface area contributed by atoms with Crippen molar-refractivity contribution in [1.82, 2.24) is 0 Å². The van der Waals surface area contributed by atoms with Gasteiger partial charge in [0.05, 0.1) is 22.7 Å². The predicted octanol–water partition coefficient (Wildman–Crippen LogP) is 4.33. The third-order valence-corrected chi connectivity index (χ3v) is 3.84. The molecule has 0 heterocycles. The molecule has 0 saturated carbocycles. The summed E-state index contributed by atoms with van der Waals surface area (Å²) >= 11 is 11.4. The van der Waals surface area contributed by atoms with Crippen LogP contribution in [-0.2, 0) is 9.53 Å². The molecule has 5 nitrogen and oxygen atoms in total. The predicted molar refractivity (Wildman–Crippen MR) is 92.9 cm³/mol. The van der Waals surface area contributed by atoms with Gasteiger partial charge >= 0.3 is 5.97 Å². The molecule has 2 aromatic rings. The first-order chi connectivity index (χ1) is 11.8. The van der Waals surface area contributed by atoms with Crippen LogP contribution in [-0.4, -0.2) is 25.1 Å². The van der Waals surface area contributed by atoms with E-state index >= 15 is 0 Å². The van der Waals surface area contributed by atoms with E-state index in [0.29, 0.717) is 11.4 Å². The Hall–Kier alpha value is -2.31. The van der Waals surface area contributed by atoms with Gasteiger partial charge in [0.15, 0.2) is 6.10 Å². The van der Waals surface area contributed by atoms with Crippen LogP contribution in [0.1, 0.15) is 17.3 Å². The summed E-state index contributed by atoms with van der Waals surface area (Å²) in [6.07, 6.45) is -1.12. The number of nitrogens with one attached hydrogen (secondary N) is 1. The number of ether oxygens (including phenoxy) is 2. The Balaban J connectivity index is 2.02. The van der Waals surface area contributed by atoms with Gasteiger partial charge in [-0.1, -0.05) is 23.2 Å². The van der Waals surface area contributed by atoms with E-state index < -0.39 is 23.8 Å². The Morgan fingerprint density at radius 1 is 1.12 bits per heavy atom. The molecule has 2 rings (SSSR count). The minimum absolute atomic E-state index is 0.0702. The molecule has 0 aliphatic rings. The van der Waals surface area contributed by atoms with E-state index in [1.807, 2.05) is 0 Å². The second kappa shape index (κ2) is 8.18. The standard InChI is InChI=1S/C17H14Cl2FNO4/c1-9(16(22)21-10-3-5-11(24-2)6-4-10)25-17(23)12-7-15(20)14(19)8-13(12)18/h3-9H,1-2H3,(H,21,22)/t9-/m0/s1. The molecule has 1 N–H and O–H groups in total. The summed E-state index contributed by atoms with van der Waals surface area (Å²) in [5, 5.41) is 2.30. The molecule has 0 fully saturated rings. The lowest BCUT2D eigenvalue weighted by Gasteiger charge is -2.14. The Morgan fingerprint density at radius 2 is 1.76 bits per heavy atom. The second-order valence-electron chi connectivity index (χ2n) is 5.01. The highest BCUT2D eigenvalue weighted by Crippen LogP contribution is 2.25. The number of hydrogen-bond donors (Lipinski definition) is 1. The quantitative estimate of drug-likeness (QED) is 0.614. The lowest BCUT2D eigenvalue weighted by molar-refractivity contribution is -0.123. The number of rotatable bonds is 5. The van der Waals surface area contributed by atoms with Crippen molar-refractivity contribution >= 4 is 40.8 Å². The summed E-state index contributed by atoms with van der Waals surface area (Å²) in [7, 11) is 1.53. The summed E-state index contributed by atoms with van der Waals surface area (Å²) in [5.74, 6) is -1.66. The number of anilines is 1. The molecule has 0 spiro atoms. The molecule has 0 aliphatic heterocycles. The molecule has 0 saturated heterocycles. The maximum Gasteiger partial charge on any atom is 0.340 e. The van der Waals surface area contributed by atoms with Crippen LogP contribution in [0, 0.1) is 5.82 Å². The summed E-state index contributed by atoms with van der Waals surface area (Å²) in [5.41, 5.74) is 0.289. The molecule has 2 aromatic carbocycles. The molecule has 25 heavy (non-hydrogen) atoms. The molecule has 0 bridgehead atoms. The van der Waals surface area contributed by atoms with E-state index in [1.54, 1.807) is 24.3 Å². The van der Waals surface area contributed by atoms with Crippen molar-refractivity contribution in [3.63, 3.8) is 0 Å². The van der Waals surface area contributed by atoms with Crippen LogP contribution < -0.4 is 10.1 Å². The maximum absolute atomic E-state index is 13.5. The van der Waals surface area contributed by atoms with Gasteiger partial charge in [0.2, 0.25) is 0 Å². The fraction of sp³-hybridized carbons (Fsp3) is 0.176. The van der Waals surface area contributed by atoms with E-state index in [9.17, 15) is 14.0 Å². The summed E-state index contributed by atoms with van der Waals surface area (Å²) in [4.78, 5) is 24.2. The minimum atomic E-state index is -1.12. The van der Waals surface area contributed by atoms with E-state index in [4.69, 9.17) is 32.7 Å². The number of benzene rings is 2. The van der Waals surface area contributed by atoms with E-state index in [-0.39, 0.29) is 15.6 Å². The Labute approximate surface area is 153 Å². The van der Waals surface area contributed by atoms with Gasteiger partial charge in [0.25, 0.3) is 5.91 Å². The summed E-state index contributed by atoms with van der Waals surface area (Å²) in [6.45, 7) is 1.39. The minimum Gasteiger partial charge on any atom is -0.497 e. The number of carbonyl (C=O) groups is 2. The molecule has 8 heteroatoms. The average molecular weight is 386 g/mol. The van der Waals surface area contributed by atoms with Crippen molar-refractivity contribution in [3.05, 3.63) is 57.8 Å². The van der Waals surface area contributed by atoms with Gasteiger partial charge in [-0.2, -0.15) is 0 Å². The van der Waals surface area contributed by atoms with Gasteiger partial charge in [-0.3, -0.25) is 4.79 Å². The van der Waals surface area contributed by atoms with Crippen LogP contribution in [0.4, 0.5) is 10.1 Å². The van der Waals surface area contributed by atoms with Crippen molar-refractivity contribution in [2.45, 2.75) is 13.0 Å². The molecule has 0 aromatic heterocycles. The van der Waals surface area contributed by atoms with Crippen LogP contribution >= 0.6 is 23.2 Å². The third kappa shape index (κ3) is 4.84. The molecule has 1 atom stereocenters. The van der Waals surface area contributed by atoms with Crippen LogP contribution in [0.15, 0.2) is 36.4 Å². The van der Waals surface area contributed by atoms with Crippen LogP contribution in [0.3, 0.4) is 0 Å². The normalized spacial score (nSPS) is 11.6. The highest BCUT2D eigenvalue weighted by molar-refractivity contribution is 6.36. The summed E-state index contributed by atoms with van der Waals surface area (Å²) < 4.78 is 23.5.